The van der Waals surface area contributed by atoms with E-state index in [9.17, 15) is 5.11 Å². The molecule has 0 saturated heterocycles. The molecule has 1 nitrogen and oxygen atoms in total. The van der Waals surface area contributed by atoms with Crippen molar-refractivity contribution in [1.82, 2.24) is 0 Å². The van der Waals surface area contributed by atoms with E-state index in [1.165, 1.54) is 23.5 Å². The van der Waals surface area contributed by atoms with Crippen LogP contribution in [-0.4, -0.2) is 4.77 Å². The molecule has 2 aromatic rings. The molecule has 0 fully saturated rings. The molecule has 2 rings (SSSR count). The Hall–Kier alpha value is -0.900. The highest BCUT2D eigenvalue weighted by Gasteiger charge is 2.09. The first kappa shape index (κ1) is 11.6. The molecule has 0 aromatic heterocycles. The lowest BCUT2D eigenvalue weighted by molar-refractivity contribution is 0.233. The molecule has 0 amide bonds. The second-order valence-corrected chi connectivity index (χ2v) is 5.72. The summed E-state index contributed by atoms with van der Waals surface area (Å²) < 4.78 is -0.718. The number of benzene rings is 2. The molecule has 0 aliphatic carbocycles. The summed E-state index contributed by atoms with van der Waals surface area (Å²) in [5.41, 5.74) is 0. The van der Waals surface area contributed by atoms with E-state index in [1.54, 1.807) is 0 Å². The summed E-state index contributed by atoms with van der Waals surface area (Å²) in [5, 5.41) is 11.8. The zero-order chi connectivity index (χ0) is 11.2. The highest BCUT2D eigenvalue weighted by atomic mass is 32.2. The molecular formula is C13H11OS2. The Morgan fingerprint density at radius 3 is 1.44 bits per heavy atom. The minimum Gasteiger partial charge on any atom is -0.208 e. The van der Waals surface area contributed by atoms with Crippen molar-refractivity contribution in [3.63, 3.8) is 0 Å². The molecular weight excluding hydrogens is 236 g/mol. The van der Waals surface area contributed by atoms with E-state index < -0.39 is 4.77 Å². The average Bonchev–Trinajstić information content (AvgIpc) is 2.31. The van der Waals surface area contributed by atoms with Crippen LogP contribution < -0.4 is 0 Å². The minimum atomic E-state index is -0.718. The molecule has 1 radical (unpaired) electrons. The van der Waals surface area contributed by atoms with E-state index >= 15 is 0 Å². The van der Waals surface area contributed by atoms with E-state index in [1.807, 2.05) is 60.7 Å². The van der Waals surface area contributed by atoms with Gasteiger partial charge in [0.2, 0.25) is 0 Å². The first-order valence-corrected chi connectivity index (χ1v) is 6.70. The van der Waals surface area contributed by atoms with Crippen LogP contribution in [0, 0.1) is 0 Å². The molecule has 0 aliphatic heterocycles. The maximum Gasteiger partial charge on any atom is 0.193 e. The summed E-state index contributed by atoms with van der Waals surface area (Å²) in [7, 11) is 0. The standard InChI is InChI=1S/C13H11OS2/c14-13(15-11-7-3-1-4-8-11)16-12-9-5-2-6-10-12/h1-10,13H. The molecule has 0 unspecified atom stereocenters. The predicted octanol–water partition coefficient (Wildman–Crippen LogP) is 4.29. The van der Waals surface area contributed by atoms with Crippen molar-refractivity contribution in [1.29, 1.82) is 0 Å². The Morgan fingerprint density at radius 1 is 0.688 bits per heavy atom. The van der Waals surface area contributed by atoms with Gasteiger partial charge in [0, 0.05) is 9.79 Å². The second-order valence-electron chi connectivity index (χ2n) is 3.15. The van der Waals surface area contributed by atoms with E-state index in [-0.39, 0.29) is 0 Å². The zero-order valence-electron chi connectivity index (χ0n) is 8.58. The Labute approximate surface area is 104 Å². The van der Waals surface area contributed by atoms with Gasteiger partial charge in [-0.25, -0.2) is 5.11 Å². The fourth-order valence-corrected chi connectivity index (χ4v) is 3.18. The third kappa shape index (κ3) is 3.59. The Bertz CT molecular complexity index is 375. The van der Waals surface area contributed by atoms with Gasteiger partial charge in [0.1, 0.15) is 0 Å². The monoisotopic (exact) mass is 247 g/mol. The van der Waals surface area contributed by atoms with Gasteiger partial charge >= 0.3 is 0 Å². The summed E-state index contributed by atoms with van der Waals surface area (Å²) in [4.78, 5) is 2.04. The van der Waals surface area contributed by atoms with Crippen molar-refractivity contribution in [2.24, 2.45) is 0 Å². The van der Waals surface area contributed by atoms with E-state index in [0.29, 0.717) is 0 Å². The third-order valence-corrected chi connectivity index (χ3v) is 4.00. The van der Waals surface area contributed by atoms with Gasteiger partial charge in [-0.2, -0.15) is 0 Å². The van der Waals surface area contributed by atoms with Gasteiger partial charge in [-0.15, -0.1) is 0 Å². The first-order chi connectivity index (χ1) is 7.84. The van der Waals surface area contributed by atoms with Gasteiger partial charge < -0.3 is 0 Å². The Balaban J connectivity index is 1.92. The average molecular weight is 247 g/mol. The largest absolute Gasteiger partial charge is 0.208 e. The maximum absolute atomic E-state index is 11.8. The molecule has 3 heteroatoms. The molecule has 81 valence electrons. The SMILES string of the molecule is [O]C(Sc1ccccc1)Sc1ccccc1. The van der Waals surface area contributed by atoms with Crippen LogP contribution >= 0.6 is 23.5 Å². The second kappa shape index (κ2) is 5.99. The van der Waals surface area contributed by atoms with Crippen molar-refractivity contribution in [3.05, 3.63) is 60.7 Å². The van der Waals surface area contributed by atoms with Crippen molar-refractivity contribution in [3.8, 4) is 0 Å². The molecule has 2 aromatic carbocycles. The van der Waals surface area contributed by atoms with Crippen molar-refractivity contribution < 1.29 is 5.11 Å². The number of thioether (sulfide) groups is 2. The third-order valence-electron chi connectivity index (χ3n) is 1.95. The van der Waals surface area contributed by atoms with Crippen LogP contribution in [-0.2, 0) is 5.11 Å². The van der Waals surface area contributed by atoms with Crippen LogP contribution in [0.15, 0.2) is 70.5 Å². The van der Waals surface area contributed by atoms with Crippen LogP contribution in [0.4, 0.5) is 0 Å². The van der Waals surface area contributed by atoms with Gasteiger partial charge in [-0.3, -0.25) is 0 Å². The number of hydrogen-bond acceptors (Lipinski definition) is 2. The van der Waals surface area contributed by atoms with Gasteiger partial charge in [0.25, 0.3) is 0 Å². The first-order valence-electron chi connectivity index (χ1n) is 4.94. The Kier molecular flexibility index (Phi) is 4.34. The van der Waals surface area contributed by atoms with Crippen LogP contribution in [0.5, 0.6) is 0 Å². The van der Waals surface area contributed by atoms with Crippen molar-refractivity contribution in [2.45, 2.75) is 14.6 Å². The summed E-state index contributed by atoms with van der Waals surface area (Å²) in [6.07, 6.45) is 0. The summed E-state index contributed by atoms with van der Waals surface area (Å²) >= 11 is 2.69. The molecule has 0 N–H and O–H groups in total. The van der Waals surface area contributed by atoms with Gasteiger partial charge in [0.15, 0.2) is 4.77 Å². The normalized spacial score (nSPS) is 10.6. The summed E-state index contributed by atoms with van der Waals surface area (Å²) in [6.45, 7) is 0. The van der Waals surface area contributed by atoms with E-state index in [4.69, 9.17) is 0 Å². The van der Waals surface area contributed by atoms with Crippen LogP contribution in [0.2, 0.25) is 0 Å². The molecule has 0 aliphatic rings. The predicted molar refractivity (Wildman–Crippen MR) is 69.1 cm³/mol. The molecule has 0 heterocycles. The highest BCUT2D eigenvalue weighted by molar-refractivity contribution is 8.16. The lowest BCUT2D eigenvalue weighted by Gasteiger charge is -2.07. The molecule has 0 spiro atoms. The number of rotatable bonds is 4. The molecule has 16 heavy (non-hydrogen) atoms. The smallest absolute Gasteiger partial charge is 0.193 e. The summed E-state index contributed by atoms with van der Waals surface area (Å²) in [6, 6.07) is 19.5. The van der Waals surface area contributed by atoms with Crippen LogP contribution in [0.3, 0.4) is 0 Å². The molecule has 0 bridgehead atoms. The Morgan fingerprint density at radius 2 is 1.06 bits per heavy atom. The number of hydrogen-bond donors (Lipinski definition) is 0. The maximum atomic E-state index is 11.8. The van der Waals surface area contributed by atoms with Crippen LogP contribution in [0.1, 0.15) is 0 Å². The van der Waals surface area contributed by atoms with Crippen molar-refractivity contribution >= 4 is 23.5 Å². The molecule has 0 saturated carbocycles. The summed E-state index contributed by atoms with van der Waals surface area (Å²) in [5.74, 6) is 0. The highest BCUT2D eigenvalue weighted by Crippen LogP contribution is 2.33. The molecule has 0 atom stereocenters. The van der Waals surface area contributed by atoms with Gasteiger partial charge in [-0.1, -0.05) is 59.9 Å². The quantitative estimate of drug-likeness (QED) is 0.593. The van der Waals surface area contributed by atoms with E-state index in [2.05, 4.69) is 0 Å². The topological polar surface area (TPSA) is 19.9 Å². The lowest BCUT2D eigenvalue weighted by atomic mass is 10.4. The van der Waals surface area contributed by atoms with Crippen LogP contribution in [0.25, 0.3) is 0 Å². The fourth-order valence-electron chi connectivity index (χ4n) is 1.24. The van der Waals surface area contributed by atoms with Crippen molar-refractivity contribution in [2.75, 3.05) is 0 Å². The zero-order valence-corrected chi connectivity index (χ0v) is 10.2. The van der Waals surface area contributed by atoms with Gasteiger partial charge in [-0.05, 0) is 24.3 Å². The van der Waals surface area contributed by atoms with Gasteiger partial charge in [0.05, 0.1) is 0 Å². The minimum absolute atomic E-state index is 0.718. The fraction of sp³-hybridized carbons (Fsp3) is 0.0769. The van der Waals surface area contributed by atoms with E-state index in [0.717, 1.165) is 9.79 Å². The lowest BCUT2D eigenvalue weighted by Crippen LogP contribution is -1.90.